The lowest BCUT2D eigenvalue weighted by Gasteiger charge is -2.54. The van der Waals surface area contributed by atoms with Crippen LogP contribution in [-0.4, -0.2) is 94.2 Å². The molecule has 13 heteroatoms. The predicted molar refractivity (Wildman–Crippen MR) is 181 cm³/mol. The zero-order valence-corrected chi connectivity index (χ0v) is 28.6. The molecule has 1 atom stereocenters. The van der Waals surface area contributed by atoms with Crippen molar-refractivity contribution in [1.82, 2.24) is 34.6 Å². The highest BCUT2D eigenvalue weighted by Gasteiger charge is 2.47. The molecular formula is C35H51F2N9O2. The molecule has 4 fully saturated rings. The number of anilines is 2. The van der Waals surface area contributed by atoms with Crippen LogP contribution in [0.25, 0.3) is 5.65 Å². The molecular weight excluding hydrogens is 616 g/mol. The van der Waals surface area contributed by atoms with Gasteiger partial charge in [0.15, 0.2) is 11.3 Å². The van der Waals surface area contributed by atoms with Gasteiger partial charge in [-0.3, -0.25) is 9.48 Å². The first kappa shape index (κ1) is 33.3. The molecule has 2 N–H and O–H groups in total. The van der Waals surface area contributed by atoms with Crippen LogP contribution >= 0.6 is 0 Å². The van der Waals surface area contributed by atoms with E-state index in [0.717, 1.165) is 51.1 Å². The van der Waals surface area contributed by atoms with Gasteiger partial charge in [-0.25, -0.2) is 18.3 Å². The van der Waals surface area contributed by atoms with E-state index < -0.39 is 18.0 Å². The first-order valence-electron chi connectivity index (χ1n) is 17.9. The second-order valence-corrected chi connectivity index (χ2v) is 15.6. The number of morpholine rings is 1. The van der Waals surface area contributed by atoms with Gasteiger partial charge in [0, 0.05) is 32.0 Å². The van der Waals surface area contributed by atoms with Crippen molar-refractivity contribution < 1.29 is 18.3 Å². The molecule has 3 aromatic heterocycles. The Morgan fingerprint density at radius 3 is 2.56 bits per heavy atom. The molecule has 0 aromatic carbocycles. The number of hydrogen-bond donors (Lipinski definition) is 2. The SMILES string of the molecule is CC(C)(C)C1CNCCC12CCN(CC1CCC(n3cc(NC(=O)c4cnn5ccc(N6CCOCC6)nc45)c(C(F)F)n3)CC1)CC2. The number of likely N-dealkylation sites (tertiary alicyclic amines) is 1. The predicted octanol–water partition coefficient (Wildman–Crippen LogP) is 5.42. The fourth-order valence-corrected chi connectivity index (χ4v) is 8.96. The van der Waals surface area contributed by atoms with Gasteiger partial charge in [-0.2, -0.15) is 10.2 Å². The molecule has 3 saturated heterocycles. The van der Waals surface area contributed by atoms with Crippen LogP contribution in [0, 0.1) is 22.7 Å². The average molecular weight is 668 g/mol. The van der Waals surface area contributed by atoms with Gasteiger partial charge in [-0.05, 0) is 99.9 Å². The molecule has 1 amide bonds. The van der Waals surface area contributed by atoms with E-state index >= 15 is 0 Å². The van der Waals surface area contributed by atoms with E-state index in [0.29, 0.717) is 54.6 Å². The summed E-state index contributed by atoms with van der Waals surface area (Å²) in [6, 6.07) is 1.88. The molecule has 1 aliphatic carbocycles. The van der Waals surface area contributed by atoms with E-state index in [2.05, 4.69) is 56.4 Å². The summed E-state index contributed by atoms with van der Waals surface area (Å²) in [5, 5.41) is 14.9. The second kappa shape index (κ2) is 13.6. The van der Waals surface area contributed by atoms with Crippen molar-refractivity contribution in [2.24, 2.45) is 22.7 Å². The Bertz CT molecular complexity index is 1560. The first-order valence-corrected chi connectivity index (χ1v) is 17.9. The smallest absolute Gasteiger partial charge is 0.284 e. The second-order valence-electron chi connectivity index (χ2n) is 15.6. The van der Waals surface area contributed by atoms with E-state index in [1.165, 1.54) is 43.1 Å². The largest absolute Gasteiger partial charge is 0.378 e. The molecule has 11 nitrogen and oxygen atoms in total. The molecule has 4 aliphatic rings. The summed E-state index contributed by atoms with van der Waals surface area (Å²) in [4.78, 5) is 22.8. The van der Waals surface area contributed by atoms with Crippen LogP contribution in [0.5, 0.6) is 0 Å². The van der Waals surface area contributed by atoms with Crippen LogP contribution in [0.4, 0.5) is 20.3 Å². The average Bonchev–Trinajstić information content (AvgIpc) is 3.71. The highest BCUT2D eigenvalue weighted by molar-refractivity contribution is 6.08. The quantitative estimate of drug-likeness (QED) is 0.344. The minimum atomic E-state index is -2.81. The van der Waals surface area contributed by atoms with Crippen LogP contribution in [0.15, 0.2) is 24.7 Å². The van der Waals surface area contributed by atoms with E-state index in [4.69, 9.17) is 4.74 Å². The van der Waals surface area contributed by atoms with Gasteiger partial charge < -0.3 is 25.2 Å². The van der Waals surface area contributed by atoms with E-state index in [9.17, 15) is 13.6 Å². The summed E-state index contributed by atoms with van der Waals surface area (Å²) in [7, 11) is 0. The van der Waals surface area contributed by atoms with E-state index in [-0.39, 0.29) is 17.3 Å². The Morgan fingerprint density at radius 2 is 1.85 bits per heavy atom. The number of carbonyl (C=O) groups excluding carboxylic acids is 1. The van der Waals surface area contributed by atoms with Crippen molar-refractivity contribution in [3.05, 3.63) is 35.9 Å². The number of rotatable bonds is 7. The molecule has 3 aromatic rings. The number of aromatic nitrogens is 5. The van der Waals surface area contributed by atoms with Crippen LogP contribution in [0.1, 0.15) is 94.2 Å². The number of halogens is 2. The molecule has 1 saturated carbocycles. The highest BCUT2D eigenvalue weighted by atomic mass is 19.3. The maximum Gasteiger partial charge on any atom is 0.284 e. The minimum absolute atomic E-state index is 0.0334. The van der Waals surface area contributed by atoms with Crippen LogP contribution < -0.4 is 15.5 Å². The zero-order chi connectivity index (χ0) is 33.5. The van der Waals surface area contributed by atoms with Gasteiger partial charge >= 0.3 is 0 Å². The number of alkyl halides is 2. The minimum Gasteiger partial charge on any atom is -0.378 e. The molecule has 1 spiro atoms. The summed E-state index contributed by atoms with van der Waals surface area (Å²) in [5.41, 5.74) is 0.991. The summed E-state index contributed by atoms with van der Waals surface area (Å²) < 4.78 is 37.0. The van der Waals surface area contributed by atoms with Crippen molar-refractivity contribution in [2.45, 2.75) is 78.2 Å². The number of nitrogens with one attached hydrogen (secondary N) is 2. The van der Waals surface area contributed by atoms with Gasteiger partial charge in [0.1, 0.15) is 11.4 Å². The number of carbonyl (C=O) groups is 1. The number of hydrogen-bond acceptors (Lipinski definition) is 8. The van der Waals surface area contributed by atoms with Gasteiger partial charge in [-0.15, -0.1) is 0 Å². The van der Waals surface area contributed by atoms with Gasteiger partial charge in [0.25, 0.3) is 12.3 Å². The van der Waals surface area contributed by atoms with Crippen molar-refractivity contribution in [2.75, 3.05) is 69.2 Å². The topological polar surface area (TPSA) is 105 Å². The standard InChI is InChI=1S/C35H51F2N9O2/c1-34(2,3)28-21-38-12-9-35(28)10-14-43(15-11-35)22-24-4-6-25(7-5-24)46-23-27(30(42-46)31(36)37)40-33(47)26-20-39-45-13-8-29(41-32(26)45)44-16-18-48-19-17-44/h8,13,20,23-25,28,31,38H,4-7,9-12,14-19,21-22H2,1-3H3,(H,40,47). The monoisotopic (exact) mass is 667 g/mol. The maximum absolute atomic E-state index is 14.2. The van der Waals surface area contributed by atoms with Gasteiger partial charge in [0.2, 0.25) is 0 Å². The molecule has 0 bridgehead atoms. The lowest BCUT2D eigenvalue weighted by Crippen LogP contribution is -2.55. The van der Waals surface area contributed by atoms with Crippen molar-refractivity contribution in [1.29, 1.82) is 0 Å². The van der Waals surface area contributed by atoms with Crippen LogP contribution in [-0.2, 0) is 4.74 Å². The van der Waals surface area contributed by atoms with Crippen LogP contribution in [0.2, 0.25) is 0 Å². The Hall–Kier alpha value is -3.16. The third-order valence-corrected chi connectivity index (χ3v) is 11.6. The third-order valence-electron chi connectivity index (χ3n) is 11.6. The van der Waals surface area contributed by atoms with Gasteiger partial charge in [0.05, 0.1) is 31.1 Å². The van der Waals surface area contributed by atoms with E-state index in [1.54, 1.807) is 17.1 Å². The molecule has 262 valence electrons. The number of nitrogens with zero attached hydrogens (tertiary/aromatic N) is 7. The maximum atomic E-state index is 14.2. The fraction of sp³-hybridized carbons (Fsp3) is 0.714. The molecule has 7 rings (SSSR count). The summed E-state index contributed by atoms with van der Waals surface area (Å²) >= 11 is 0. The first-order chi connectivity index (χ1) is 23.1. The lowest BCUT2D eigenvalue weighted by molar-refractivity contribution is -0.0322. The van der Waals surface area contributed by atoms with Crippen LogP contribution in [0.3, 0.4) is 0 Å². The van der Waals surface area contributed by atoms with Crippen molar-refractivity contribution in [3.63, 3.8) is 0 Å². The third kappa shape index (κ3) is 6.82. The number of ether oxygens (including phenoxy) is 1. The Balaban J connectivity index is 0.962. The molecule has 6 heterocycles. The fourth-order valence-electron chi connectivity index (χ4n) is 8.96. The molecule has 3 aliphatic heterocycles. The van der Waals surface area contributed by atoms with Crippen molar-refractivity contribution in [3.8, 4) is 0 Å². The highest BCUT2D eigenvalue weighted by Crippen LogP contribution is 2.50. The number of piperidine rings is 2. The molecule has 1 unspecified atom stereocenters. The zero-order valence-electron chi connectivity index (χ0n) is 28.6. The summed E-state index contributed by atoms with van der Waals surface area (Å²) in [5.74, 6) is 1.50. The van der Waals surface area contributed by atoms with Gasteiger partial charge in [-0.1, -0.05) is 20.8 Å². The number of fused-ring (bicyclic) bond motifs is 1. The summed E-state index contributed by atoms with van der Waals surface area (Å²) in [6.07, 6.45) is 9.67. The number of amides is 1. The lowest BCUT2D eigenvalue weighted by atomic mass is 9.57. The molecule has 48 heavy (non-hydrogen) atoms. The van der Waals surface area contributed by atoms with Crippen molar-refractivity contribution >= 4 is 23.1 Å². The normalized spacial score (nSPS) is 25.6. The van der Waals surface area contributed by atoms with E-state index in [1.807, 2.05) is 6.07 Å². The molecule has 0 radical (unpaired) electrons. The Kier molecular flexibility index (Phi) is 9.47. The summed E-state index contributed by atoms with van der Waals surface area (Å²) in [6.45, 7) is 15.5. The Morgan fingerprint density at radius 1 is 1.10 bits per heavy atom. The Labute approximate surface area is 281 Å².